The molecule has 1 fully saturated rings. The highest BCUT2D eigenvalue weighted by Gasteiger charge is 2.71. The van der Waals surface area contributed by atoms with E-state index in [9.17, 15) is 41.0 Å². The Morgan fingerprint density at radius 1 is 0.939 bits per heavy atom. The van der Waals surface area contributed by atoms with E-state index in [1.807, 2.05) is 6.92 Å². The molecule has 1 atom stereocenters. The van der Waals surface area contributed by atoms with Gasteiger partial charge in [-0.3, -0.25) is 9.69 Å². The number of halogens is 6. The lowest BCUT2D eigenvalue weighted by atomic mass is 9.87. The maximum absolute atomic E-state index is 13.8. The number of imide groups is 1. The molecule has 0 bridgehead atoms. The number of fused-ring (bicyclic) bond motifs is 1. The fraction of sp³-hybridized carbons (Fsp3) is 0.543. The number of amides is 3. The van der Waals surface area contributed by atoms with Crippen LogP contribution >= 0.6 is 0 Å². The summed E-state index contributed by atoms with van der Waals surface area (Å²) in [5.74, 6) is 0.637. The second-order valence-corrected chi connectivity index (χ2v) is 12.4. The molecule has 0 aliphatic carbocycles. The van der Waals surface area contributed by atoms with Gasteiger partial charge in [-0.05, 0) is 74.4 Å². The van der Waals surface area contributed by atoms with Crippen molar-refractivity contribution in [1.82, 2.24) is 10.2 Å². The second kappa shape index (κ2) is 15.3. The lowest BCUT2D eigenvalue weighted by Gasteiger charge is -2.33. The van der Waals surface area contributed by atoms with Crippen molar-refractivity contribution in [2.75, 3.05) is 19.9 Å². The predicted octanol–water partition coefficient (Wildman–Crippen LogP) is 8.29. The Hall–Kier alpha value is -3.94. The fourth-order valence-corrected chi connectivity index (χ4v) is 5.91. The van der Waals surface area contributed by atoms with Crippen molar-refractivity contribution in [2.24, 2.45) is 0 Å². The summed E-state index contributed by atoms with van der Waals surface area (Å²) < 4.78 is 99.8. The van der Waals surface area contributed by atoms with Crippen LogP contribution in [-0.2, 0) is 22.4 Å². The Bertz CT molecular complexity index is 1510. The summed E-state index contributed by atoms with van der Waals surface area (Å²) in [6, 6.07) is 5.78. The Balaban J connectivity index is 1.50. The van der Waals surface area contributed by atoms with E-state index in [0.717, 1.165) is 30.6 Å². The van der Waals surface area contributed by atoms with Gasteiger partial charge in [0.25, 0.3) is 11.5 Å². The molecule has 2 heterocycles. The SMILES string of the molecule is CCCCCCC=Cc1cc(C(O)(C(F)(F)F)C(F)(F)F)cc(CCC)c1OCCCCN1C(=O)NC(C)(c2ccc3c(c2)OCO3)C1=O. The van der Waals surface area contributed by atoms with E-state index in [1.54, 1.807) is 38.1 Å². The maximum atomic E-state index is 13.8. The topological polar surface area (TPSA) is 97.3 Å². The first kappa shape index (κ1) is 37.9. The highest BCUT2D eigenvalue weighted by Crippen LogP contribution is 2.51. The van der Waals surface area contributed by atoms with Crippen molar-refractivity contribution >= 4 is 18.0 Å². The van der Waals surface area contributed by atoms with Crippen molar-refractivity contribution in [3.63, 3.8) is 0 Å². The van der Waals surface area contributed by atoms with Crippen LogP contribution in [0.5, 0.6) is 17.2 Å². The minimum absolute atomic E-state index is 0.000706. The molecule has 2 aromatic carbocycles. The summed E-state index contributed by atoms with van der Waals surface area (Å²) in [7, 11) is 0. The number of hydrogen-bond acceptors (Lipinski definition) is 6. The van der Waals surface area contributed by atoms with Gasteiger partial charge in [0.15, 0.2) is 11.5 Å². The normalized spacial score (nSPS) is 18.1. The van der Waals surface area contributed by atoms with Gasteiger partial charge in [-0.25, -0.2) is 4.79 Å². The van der Waals surface area contributed by atoms with Gasteiger partial charge < -0.3 is 24.6 Å². The molecule has 2 aromatic rings. The van der Waals surface area contributed by atoms with E-state index in [4.69, 9.17) is 14.2 Å². The number of nitrogens with one attached hydrogen (secondary N) is 1. The molecule has 8 nitrogen and oxygen atoms in total. The number of unbranched alkanes of at least 4 members (excludes halogenated alkanes) is 5. The molecule has 49 heavy (non-hydrogen) atoms. The molecule has 2 aliphatic heterocycles. The predicted molar refractivity (Wildman–Crippen MR) is 169 cm³/mol. The molecule has 14 heteroatoms. The van der Waals surface area contributed by atoms with E-state index < -0.39 is 41.0 Å². The van der Waals surface area contributed by atoms with Crippen LogP contribution in [0.2, 0.25) is 0 Å². The van der Waals surface area contributed by atoms with Gasteiger partial charge in [0.2, 0.25) is 6.79 Å². The molecule has 270 valence electrons. The Morgan fingerprint density at radius 3 is 2.33 bits per heavy atom. The van der Waals surface area contributed by atoms with Gasteiger partial charge in [-0.2, -0.15) is 26.3 Å². The number of benzene rings is 2. The summed E-state index contributed by atoms with van der Waals surface area (Å²) in [4.78, 5) is 27.3. The van der Waals surface area contributed by atoms with Gasteiger partial charge in [0, 0.05) is 17.7 Å². The average molecular weight is 701 g/mol. The number of carbonyl (C=O) groups excluding carboxylic acids is 2. The third-order valence-corrected chi connectivity index (χ3v) is 8.72. The largest absolute Gasteiger partial charge is 0.493 e. The number of hydrogen-bond donors (Lipinski definition) is 2. The van der Waals surface area contributed by atoms with Crippen LogP contribution in [0.1, 0.15) is 94.4 Å². The molecule has 3 amide bonds. The second-order valence-electron chi connectivity index (χ2n) is 12.4. The molecule has 0 radical (unpaired) electrons. The zero-order valence-electron chi connectivity index (χ0n) is 27.7. The van der Waals surface area contributed by atoms with Crippen molar-refractivity contribution in [1.29, 1.82) is 0 Å². The van der Waals surface area contributed by atoms with E-state index in [1.165, 1.54) is 6.08 Å². The van der Waals surface area contributed by atoms with Gasteiger partial charge in [0.05, 0.1) is 6.61 Å². The summed E-state index contributed by atoms with van der Waals surface area (Å²) in [6.45, 7) is 5.44. The Labute approximate surface area is 281 Å². The van der Waals surface area contributed by atoms with E-state index in [-0.39, 0.29) is 43.2 Å². The van der Waals surface area contributed by atoms with Crippen LogP contribution in [0.4, 0.5) is 31.1 Å². The van der Waals surface area contributed by atoms with Crippen LogP contribution < -0.4 is 19.5 Å². The number of aryl methyl sites for hydroxylation is 1. The van der Waals surface area contributed by atoms with Crippen molar-refractivity contribution in [3.05, 3.63) is 58.7 Å². The van der Waals surface area contributed by atoms with Crippen molar-refractivity contribution in [2.45, 2.75) is 102 Å². The number of carbonyl (C=O) groups is 2. The highest BCUT2D eigenvalue weighted by molar-refractivity contribution is 6.07. The lowest BCUT2D eigenvalue weighted by Crippen LogP contribution is -2.54. The number of allylic oxidation sites excluding steroid dienone is 1. The molecule has 0 saturated carbocycles. The number of ether oxygens (including phenoxy) is 3. The summed E-state index contributed by atoms with van der Waals surface area (Å²) in [5, 5.41) is 12.9. The van der Waals surface area contributed by atoms with Gasteiger partial charge in [-0.15, -0.1) is 0 Å². The first-order chi connectivity index (χ1) is 23.1. The van der Waals surface area contributed by atoms with Crippen LogP contribution in [-0.4, -0.2) is 54.2 Å². The maximum Gasteiger partial charge on any atom is 0.430 e. The van der Waals surface area contributed by atoms with Crippen molar-refractivity contribution < 1.29 is 55.2 Å². The minimum Gasteiger partial charge on any atom is -0.493 e. The van der Waals surface area contributed by atoms with Crippen LogP contribution in [0.3, 0.4) is 0 Å². The smallest absolute Gasteiger partial charge is 0.430 e. The quantitative estimate of drug-likeness (QED) is 0.104. The monoisotopic (exact) mass is 700 g/mol. The van der Waals surface area contributed by atoms with E-state index >= 15 is 0 Å². The average Bonchev–Trinajstić information content (AvgIpc) is 3.59. The lowest BCUT2D eigenvalue weighted by molar-refractivity contribution is -0.376. The van der Waals surface area contributed by atoms with Gasteiger partial charge >= 0.3 is 18.4 Å². The molecule has 0 spiro atoms. The molecule has 2 aliphatic rings. The Morgan fingerprint density at radius 2 is 1.65 bits per heavy atom. The molecule has 2 N–H and O–H groups in total. The first-order valence-electron chi connectivity index (χ1n) is 16.4. The zero-order valence-corrected chi connectivity index (χ0v) is 27.7. The van der Waals surface area contributed by atoms with Gasteiger partial charge in [-0.1, -0.05) is 57.7 Å². The number of nitrogens with zero attached hydrogens (tertiary/aromatic N) is 1. The third-order valence-electron chi connectivity index (χ3n) is 8.72. The van der Waals surface area contributed by atoms with Crippen LogP contribution in [0, 0.1) is 0 Å². The molecular formula is C35H42F6N2O6. The van der Waals surface area contributed by atoms with Crippen LogP contribution in [0.15, 0.2) is 36.4 Å². The number of rotatable bonds is 16. The molecule has 1 unspecified atom stereocenters. The number of aliphatic hydroxyl groups is 1. The van der Waals surface area contributed by atoms with Gasteiger partial charge in [0.1, 0.15) is 11.3 Å². The summed E-state index contributed by atoms with van der Waals surface area (Å²) in [6.07, 6.45) is -3.64. The highest BCUT2D eigenvalue weighted by atomic mass is 19.4. The number of alkyl halides is 6. The Kier molecular flexibility index (Phi) is 11.8. The number of urea groups is 1. The molecule has 1 saturated heterocycles. The summed E-state index contributed by atoms with van der Waals surface area (Å²) >= 11 is 0. The summed E-state index contributed by atoms with van der Waals surface area (Å²) in [5.41, 5.74) is -7.16. The zero-order chi connectivity index (χ0) is 36.0. The standard InChI is InChI=1S/C35H42F6N2O6/c1-4-6-7-8-9-10-14-24-20-26(33(46,34(36,37)38)35(39,40)41)19-23(13-5-2)29(24)47-18-12-11-17-43-30(44)32(3,42-31(43)45)25-15-16-27-28(21-25)49-22-48-27/h10,14-16,19-21,46H,4-9,11-13,17-18,22H2,1-3H3,(H,42,45). The van der Waals surface area contributed by atoms with E-state index in [0.29, 0.717) is 54.9 Å². The van der Waals surface area contributed by atoms with E-state index in [2.05, 4.69) is 5.32 Å². The fourth-order valence-electron chi connectivity index (χ4n) is 5.91. The molecular weight excluding hydrogens is 658 g/mol. The molecule has 4 rings (SSSR count). The first-order valence-corrected chi connectivity index (χ1v) is 16.4. The molecule has 0 aromatic heterocycles. The van der Waals surface area contributed by atoms with Crippen molar-refractivity contribution in [3.8, 4) is 17.2 Å². The minimum atomic E-state index is -6.03. The third kappa shape index (κ3) is 7.94. The van der Waals surface area contributed by atoms with Crippen LogP contribution in [0.25, 0.3) is 6.08 Å².